The van der Waals surface area contributed by atoms with Gasteiger partial charge in [0.15, 0.2) is 0 Å². The molecule has 1 N–H and O–H groups in total. The largest absolute Gasteiger partial charge is 0.344 e. The molecular formula is C42H30N4S. The first-order chi connectivity index (χ1) is 23.1. The summed E-state index contributed by atoms with van der Waals surface area (Å²) in [6.45, 7) is 4.68. The Bertz CT molecular complexity index is 2640. The zero-order valence-corrected chi connectivity index (χ0v) is 26.8. The molecule has 10 rings (SSSR count). The molecule has 0 saturated carbocycles. The van der Waals surface area contributed by atoms with Crippen molar-refractivity contribution in [3.05, 3.63) is 156 Å². The van der Waals surface area contributed by atoms with E-state index in [0.717, 1.165) is 28.0 Å². The molecular weight excluding hydrogens is 593 g/mol. The molecule has 224 valence electrons. The van der Waals surface area contributed by atoms with E-state index in [1.54, 1.807) is 0 Å². The van der Waals surface area contributed by atoms with Crippen molar-refractivity contribution in [2.24, 2.45) is 9.98 Å². The minimum Gasteiger partial charge on any atom is -0.344 e. The van der Waals surface area contributed by atoms with Crippen molar-refractivity contribution in [3.63, 3.8) is 0 Å². The zero-order valence-electron chi connectivity index (χ0n) is 26.0. The Morgan fingerprint density at radius 2 is 1.36 bits per heavy atom. The van der Waals surface area contributed by atoms with Crippen LogP contribution in [-0.2, 0) is 5.41 Å². The Balaban J connectivity index is 1.26. The van der Waals surface area contributed by atoms with Crippen molar-refractivity contribution in [2.75, 3.05) is 0 Å². The van der Waals surface area contributed by atoms with E-state index in [1.807, 2.05) is 11.3 Å². The van der Waals surface area contributed by atoms with Crippen LogP contribution in [0.4, 0.5) is 0 Å². The number of aromatic nitrogens is 1. The van der Waals surface area contributed by atoms with Gasteiger partial charge < -0.3 is 5.32 Å². The maximum Gasteiger partial charge on any atom is 0.234 e. The molecule has 2 aromatic heterocycles. The van der Waals surface area contributed by atoms with Crippen LogP contribution in [0.5, 0.6) is 0 Å². The highest BCUT2D eigenvalue weighted by Gasteiger charge is 2.37. The van der Waals surface area contributed by atoms with Crippen molar-refractivity contribution in [3.8, 4) is 11.1 Å². The predicted octanol–water partition coefficient (Wildman–Crippen LogP) is 10.4. The molecule has 0 fully saturated rings. The van der Waals surface area contributed by atoms with E-state index in [4.69, 9.17) is 9.98 Å². The van der Waals surface area contributed by atoms with E-state index in [2.05, 4.69) is 157 Å². The summed E-state index contributed by atoms with van der Waals surface area (Å²) in [6, 6.07) is 47.9. The summed E-state index contributed by atoms with van der Waals surface area (Å²) < 4.78 is 4.78. The second-order valence-corrected chi connectivity index (χ2v) is 14.1. The topological polar surface area (TPSA) is 41.7 Å². The van der Waals surface area contributed by atoms with Crippen LogP contribution in [-0.4, -0.2) is 16.4 Å². The number of rotatable bonds is 2. The highest BCUT2D eigenvalue weighted by atomic mass is 32.1. The van der Waals surface area contributed by atoms with Gasteiger partial charge in [0.25, 0.3) is 0 Å². The van der Waals surface area contributed by atoms with Crippen LogP contribution in [0, 0.1) is 0 Å². The SMILES string of the molecule is CC1(C)c2ccccc2-c2c1ccc1c2c2ccccc2n1C1=NC(c2ccccc2)NC(c2cccc3c2sc2ccccc23)=N1. The Kier molecular flexibility index (Phi) is 5.53. The minimum atomic E-state index is -0.298. The van der Waals surface area contributed by atoms with E-state index in [1.165, 1.54) is 53.2 Å². The zero-order chi connectivity index (χ0) is 31.3. The van der Waals surface area contributed by atoms with Gasteiger partial charge in [0.1, 0.15) is 12.0 Å². The molecule has 47 heavy (non-hydrogen) atoms. The molecule has 0 spiro atoms. The second-order valence-electron chi connectivity index (χ2n) is 13.0. The van der Waals surface area contributed by atoms with Crippen LogP contribution < -0.4 is 5.32 Å². The number of para-hydroxylation sites is 1. The fraction of sp³-hybridized carbons (Fsp3) is 0.0952. The van der Waals surface area contributed by atoms with Gasteiger partial charge in [-0.1, -0.05) is 123 Å². The van der Waals surface area contributed by atoms with Crippen LogP contribution in [0.3, 0.4) is 0 Å². The third kappa shape index (κ3) is 3.75. The lowest BCUT2D eigenvalue weighted by atomic mass is 9.82. The van der Waals surface area contributed by atoms with Crippen molar-refractivity contribution in [1.29, 1.82) is 0 Å². The normalized spacial score (nSPS) is 16.7. The van der Waals surface area contributed by atoms with Crippen LogP contribution >= 0.6 is 11.3 Å². The molecule has 4 nitrogen and oxygen atoms in total. The Morgan fingerprint density at radius 1 is 0.638 bits per heavy atom. The smallest absolute Gasteiger partial charge is 0.234 e. The van der Waals surface area contributed by atoms with Gasteiger partial charge in [-0.25, -0.2) is 4.99 Å². The minimum absolute atomic E-state index is 0.0811. The summed E-state index contributed by atoms with van der Waals surface area (Å²) in [4.78, 5) is 10.7. The molecule has 1 unspecified atom stereocenters. The lowest BCUT2D eigenvalue weighted by molar-refractivity contribution is 0.661. The molecule has 6 aromatic carbocycles. The van der Waals surface area contributed by atoms with Gasteiger partial charge in [0, 0.05) is 41.9 Å². The molecule has 1 atom stereocenters. The predicted molar refractivity (Wildman–Crippen MR) is 198 cm³/mol. The maximum atomic E-state index is 5.38. The van der Waals surface area contributed by atoms with E-state index >= 15 is 0 Å². The summed E-state index contributed by atoms with van der Waals surface area (Å²) in [7, 11) is 0. The van der Waals surface area contributed by atoms with Gasteiger partial charge in [0.2, 0.25) is 5.96 Å². The van der Waals surface area contributed by atoms with Crippen LogP contribution in [0.15, 0.2) is 143 Å². The van der Waals surface area contributed by atoms with Crippen LogP contribution in [0.1, 0.15) is 42.3 Å². The lowest BCUT2D eigenvalue weighted by Gasteiger charge is -2.24. The molecule has 5 heteroatoms. The summed E-state index contributed by atoms with van der Waals surface area (Å²) >= 11 is 1.82. The van der Waals surface area contributed by atoms with Gasteiger partial charge in [-0.3, -0.25) is 4.57 Å². The van der Waals surface area contributed by atoms with Crippen molar-refractivity contribution >= 4 is 65.1 Å². The van der Waals surface area contributed by atoms with Gasteiger partial charge in [-0.15, -0.1) is 11.3 Å². The first-order valence-electron chi connectivity index (χ1n) is 16.1. The summed E-state index contributed by atoms with van der Waals surface area (Å²) in [5.41, 5.74) is 9.71. The summed E-state index contributed by atoms with van der Waals surface area (Å²) in [6.07, 6.45) is -0.298. The highest BCUT2D eigenvalue weighted by molar-refractivity contribution is 7.26. The van der Waals surface area contributed by atoms with E-state index < -0.39 is 0 Å². The average Bonchev–Trinajstić information content (AvgIpc) is 3.74. The molecule has 2 aliphatic rings. The average molecular weight is 623 g/mol. The number of amidine groups is 1. The third-order valence-corrected chi connectivity index (χ3v) is 11.3. The van der Waals surface area contributed by atoms with Gasteiger partial charge >= 0.3 is 0 Å². The number of thiophene rings is 1. The number of nitrogens with one attached hydrogen (secondary N) is 1. The van der Waals surface area contributed by atoms with Gasteiger partial charge in [-0.05, 0) is 52.1 Å². The fourth-order valence-electron chi connectivity index (χ4n) is 7.88. The first-order valence-corrected chi connectivity index (χ1v) is 16.9. The number of nitrogens with zero attached hydrogens (tertiary/aromatic N) is 3. The quantitative estimate of drug-likeness (QED) is 0.205. The fourth-order valence-corrected chi connectivity index (χ4v) is 9.10. The van der Waals surface area contributed by atoms with Crippen molar-refractivity contribution in [1.82, 2.24) is 9.88 Å². The van der Waals surface area contributed by atoms with Gasteiger partial charge in [0.05, 0.1) is 11.0 Å². The summed E-state index contributed by atoms with van der Waals surface area (Å²) in [5.74, 6) is 1.52. The Morgan fingerprint density at radius 3 is 2.26 bits per heavy atom. The van der Waals surface area contributed by atoms with E-state index in [-0.39, 0.29) is 11.6 Å². The molecule has 1 aliphatic heterocycles. The second kappa shape index (κ2) is 9.74. The maximum absolute atomic E-state index is 5.38. The molecule has 0 amide bonds. The Hall–Kier alpha value is -5.52. The third-order valence-electron chi connectivity index (χ3n) is 10.1. The molecule has 0 radical (unpaired) electrons. The number of hydrogen-bond acceptors (Lipinski definition) is 4. The molecule has 0 bridgehead atoms. The first kappa shape index (κ1) is 26.7. The number of aliphatic imine (C=N–C) groups is 2. The number of fused-ring (bicyclic) bond motifs is 10. The molecule has 3 heterocycles. The lowest BCUT2D eigenvalue weighted by Crippen LogP contribution is -2.35. The molecule has 0 saturated heterocycles. The van der Waals surface area contributed by atoms with Crippen molar-refractivity contribution < 1.29 is 0 Å². The summed E-state index contributed by atoms with van der Waals surface area (Å²) in [5, 5.41) is 8.74. The molecule has 8 aromatic rings. The number of benzene rings is 6. The standard InChI is InChI=1S/C42H30N4S/c1-42(2)31-20-9-6-16-28(31)36-32(42)23-24-34-37(36)29-17-7-10-21-33(29)46(34)41-44-39(25-13-4-3-5-14-25)43-40(45-41)30-19-12-18-27-26-15-8-11-22-35(26)47-38(27)30/h3-24,39H,1-2H3,(H,43,44,45). The van der Waals surface area contributed by atoms with E-state index in [0.29, 0.717) is 5.96 Å². The highest BCUT2D eigenvalue weighted by Crippen LogP contribution is 2.53. The van der Waals surface area contributed by atoms with E-state index in [9.17, 15) is 0 Å². The van der Waals surface area contributed by atoms with Gasteiger partial charge in [-0.2, -0.15) is 4.99 Å². The Labute approximate surface area is 276 Å². The number of hydrogen-bond donors (Lipinski definition) is 1. The van der Waals surface area contributed by atoms with Crippen LogP contribution in [0.25, 0.3) is 53.1 Å². The molecule has 1 aliphatic carbocycles. The van der Waals surface area contributed by atoms with Crippen LogP contribution in [0.2, 0.25) is 0 Å². The monoisotopic (exact) mass is 622 g/mol. The van der Waals surface area contributed by atoms with Crippen molar-refractivity contribution in [2.45, 2.75) is 25.4 Å².